The molecule has 0 spiro atoms. The number of carbonyl (C=O) groups is 1. The van der Waals surface area contributed by atoms with E-state index in [0.29, 0.717) is 11.1 Å². The third-order valence-electron chi connectivity index (χ3n) is 5.97. The Morgan fingerprint density at radius 1 is 0.897 bits per heavy atom. The van der Waals surface area contributed by atoms with Gasteiger partial charge in [0.2, 0.25) is 5.91 Å². The Kier molecular flexibility index (Phi) is 8.50. The molecule has 4 rings (SSSR count). The largest absolute Gasteiger partial charge is 0.334 e. The van der Waals surface area contributed by atoms with E-state index in [0.717, 1.165) is 16.7 Å². The first-order chi connectivity index (χ1) is 18.6. The highest BCUT2D eigenvalue weighted by Crippen LogP contribution is 2.31. The number of amides is 1. The first-order valence-corrected chi connectivity index (χ1v) is 16.0. The fourth-order valence-corrected chi connectivity index (χ4v) is 6.78. The van der Waals surface area contributed by atoms with Crippen LogP contribution in [0, 0.1) is 11.5 Å². The van der Waals surface area contributed by atoms with Crippen LogP contribution < -0.4 is 4.72 Å². The summed E-state index contributed by atoms with van der Waals surface area (Å²) in [4.78, 5) is 15.7. The van der Waals surface area contributed by atoms with Gasteiger partial charge >= 0.3 is 0 Å². The lowest BCUT2D eigenvalue weighted by atomic mass is 10.0. The van der Waals surface area contributed by atoms with Gasteiger partial charge in [-0.1, -0.05) is 66.7 Å². The first-order valence-electron chi connectivity index (χ1n) is 11.8. The van der Waals surface area contributed by atoms with Gasteiger partial charge in [-0.05, 0) is 40.3 Å². The van der Waals surface area contributed by atoms with E-state index in [9.17, 15) is 21.6 Å². The maximum Gasteiger partial charge on any atom is 0.270 e. The van der Waals surface area contributed by atoms with Crippen molar-refractivity contribution in [3.8, 4) is 17.3 Å². The Bertz CT molecular complexity index is 1730. The average Bonchev–Trinajstić information content (AvgIpc) is 3.41. The molecule has 0 aliphatic heterocycles. The summed E-state index contributed by atoms with van der Waals surface area (Å²) in [5, 5.41) is 10.8. The van der Waals surface area contributed by atoms with Gasteiger partial charge in [-0.3, -0.25) is 4.79 Å². The van der Waals surface area contributed by atoms with Crippen molar-refractivity contribution in [2.45, 2.75) is 29.3 Å². The van der Waals surface area contributed by atoms with E-state index in [1.54, 1.807) is 33.9 Å². The number of nitrogens with one attached hydrogen (secondary N) is 1. The molecule has 0 aliphatic rings. The van der Waals surface area contributed by atoms with Crippen molar-refractivity contribution in [2.24, 2.45) is 0 Å². The van der Waals surface area contributed by atoms with Gasteiger partial charge in [0, 0.05) is 29.8 Å². The molecule has 1 amide bonds. The van der Waals surface area contributed by atoms with E-state index in [1.165, 1.54) is 35.7 Å². The molecule has 39 heavy (non-hydrogen) atoms. The minimum absolute atomic E-state index is 0.0116. The Morgan fingerprint density at radius 2 is 1.62 bits per heavy atom. The zero-order valence-electron chi connectivity index (χ0n) is 20.9. The molecule has 1 N–H and O–H groups in total. The van der Waals surface area contributed by atoms with Crippen LogP contribution in [-0.4, -0.2) is 33.9 Å². The molecule has 1 aromatic heterocycles. The fourth-order valence-electron chi connectivity index (χ4n) is 4.17. The molecule has 0 aliphatic carbocycles. The number of sulfonamides is 1. The van der Waals surface area contributed by atoms with Gasteiger partial charge in [0.15, 0.2) is 16.0 Å². The molecule has 1 heterocycles. The summed E-state index contributed by atoms with van der Waals surface area (Å²) in [5.74, 6) is -0.149. The monoisotopic (exact) mass is 579 g/mol. The van der Waals surface area contributed by atoms with Gasteiger partial charge in [-0.2, -0.15) is 5.26 Å². The molecule has 0 bridgehead atoms. The Balaban J connectivity index is 1.76. The minimum atomic E-state index is -4.15. The van der Waals surface area contributed by atoms with Crippen LogP contribution in [-0.2, 0) is 44.2 Å². The van der Waals surface area contributed by atoms with Gasteiger partial charge in [-0.15, -0.1) is 11.3 Å². The molecule has 0 atom stereocenters. The molecule has 0 saturated heterocycles. The van der Waals surface area contributed by atoms with Gasteiger partial charge in [-0.25, -0.2) is 21.6 Å². The summed E-state index contributed by atoms with van der Waals surface area (Å²) in [6.45, 7) is 0.328. The molecule has 11 heteroatoms. The zero-order chi connectivity index (χ0) is 28.0. The lowest BCUT2D eigenvalue weighted by Crippen LogP contribution is -2.31. The quantitative estimate of drug-likeness (QED) is 0.220. The van der Waals surface area contributed by atoms with E-state index in [-0.39, 0.29) is 40.8 Å². The maximum absolute atomic E-state index is 13.4. The van der Waals surface area contributed by atoms with Crippen molar-refractivity contribution < 1.29 is 21.6 Å². The van der Waals surface area contributed by atoms with Crippen molar-refractivity contribution in [1.82, 2.24) is 9.62 Å². The highest BCUT2D eigenvalue weighted by atomic mass is 32.2. The predicted molar refractivity (Wildman–Crippen MR) is 150 cm³/mol. The van der Waals surface area contributed by atoms with E-state index in [4.69, 9.17) is 5.26 Å². The molecule has 4 aromatic rings. The van der Waals surface area contributed by atoms with Crippen LogP contribution in [0.4, 0.5) is 0 Å². The number of thiophene rings is 1. The average molecular weight is 580 g/mol. The Hall–Kier alpha value is -3.98. The third kappa shape index (κ3) is 6.92. The number of hydrogen-bond acceptors (Lipinski definition) is 7. The summed E-state index contributed by atoms with van der Waals surface area (Å²) in [6.07, 6.45) is 2.69. The molecule has 0 fully saturated rings. The van der Waals surface area contributed by atoms with Gasteiger partial charge in [0.1, 0.15) is 0 Å². The highest BCUT2D eigenvalue weighted by Gasteiger charge is 2.23. The van der Waals surface area contributed by atoms with Gasteiger partial charge in [0.05, 0.1) is 16.2 Å². The summed E-state index contributed by atoms with van der Waals surface area (Å²) in [7, 11) is -7.92. The standard InChI is InChI=1S/C28H25N3O5S3/c1-38(33,34)27-16-22(25-11-5-6-12-26(25)39(35,36)30-20-29)13-14-23(27)19-31(18-21-8-3-2-4-9-21)28(32)17-24-10-7-15-37-24/h2-16,30H,17-19H2,1H3. The Morgan fingerprint density at radius 3 is 2.28 bits per heavy atom. The van der Waals surface area contributed by atoms with Crippen LogP contribution in [0.25, 0.3) is 11.1 Å². The first kappa shape index (κ1) is 28.0. The molecule has 8 nitrogen and oxygen atoms in total. The fraction of sp³-hybridized carbons (Fsp3) is 0.143. The predicted octanol–water partition coefficient (Wildman–Crippen LogP) is 4.35. The number of sulfone groups is 1. The maximum atomic E-state index is 13.4. The van der Waals surface area contributed by atoms with Crippen molar-refractivity contribution >= 4 is 37.1 Å². The normalized spacial score (nSPS) is 11.5. The molecule has 200 valence electrons. The van der Waals surface area contributed by atoms with Crippen molar-refractivity contribution in [1.29, 1.82) is 5.26 Å². The number of hydrogen-bond donors (Lipinski definition) is 1. The van der Waals surface area contributed by atoms with E-state index in [1.807, 2.05) is 47.8 Å². The Labute approximate surface area is 232 Å². The van der Waals surface area contributed by atoms with Crippen molar-refractivity contribution in [3.63, 3.8) is 0 Å². The second-order valence-corrected chi connectivity index (χ2v) is 13.5. The summed E-state index contributed by atoms with van der Waals surface area (Å²) < 4.78 is 52.8. The van der Waals surface area contributed by atoms with E-state index in [2.05, 4.69) is 0 Å². The SMILES string of the molecule is CS(=O)(=O)c1cc(-c2ccccc2S(=O)(=O)NC#N)ccc1CN(Cc1ccccc1)C(=O)Cc1cccs1. The van der Waals surface area contributed by atoms with Crippen LogP contribution in [0.1, 0.15) is 16.0 Å². The number of benzene rings is 3. The number of nitriles is 1. The van der Waals surface area contributed by atoms with Crippen molar-refractivity contribution in [2.75, 3.05) is 6.26 Å². The zero-order valence-corrected chi connectivity index (χ0v) is 23.4. The third-order valence-corrected chi connectivity index (χ3v) is 9.32. The van der Waals surface area contributed by atoms with Crippen LogP contribution in [0.3, 0.4) is 0 Å². The second-order valence-electron chi connectivity index (χ2n) is 8.80. The van der Waals surface area contributed by atoms with E-state index < -0.39 is 19.9 Å². The van der Waals surface area contributed by atoms with Gasteiger partial charge in [0.25, 0.3) is 10.0 Å². The lowest BCUT2D eigenvalue weighted by molar-refractivity contribution is -0.131. The topological polar surface area (TPSA) is 124 Å². The van der Waals surface area contributed by atoms with Crippen LogP contribution in [0.5, 0.6) is 0 Å². The summed E-state index contributed by atoms with van der Waals surface area (Å²) >= 11 is 1.48. The van der Waals surface area contributed by atoms with Crippen LogP contribution >= 0.6 is 11.3 Å². The smallest absolute Gasteiger partial charge is 0.270 e. The number of nitrogens with zero attached hydrogens (tertiary/aromatic N) is 2. The van der Waals surface area contributed by atoms with E-state index >= 15 is 0 Å². The summed E-state index contributed by atoms with van der Waals surface area (Å²) in [6, 6.07) is 23.8. The highest BCUT2D eigenvalue weighted by molar-refractivity contribution is 7.90. The van der Waals surface area contributed by atoms with Gasteiger partial charge < -0.3 is 4.90 Å². The summed E-state index contributed by atoms with van der Waals surface area (Å²) in [5.41, 5.74) is 1.90. The molecule has 3 aromatic carbocycles. The molecular formula is C28H25N3O5S3. The molecular weight excluding hydrogens is 555 g/mol. The van der Waals surface area contributed by atoms with Crippen LogP contribution in [0.15, 0.2) is 100 Å². The molecule has 0 radical (unpaired) electrons. The second kappa shape index (κ2) is 11.8. The molecule has 0 unspecified atom stereocenters. The lowest BCUT2D eigenvalue weighted by Gasteiger charge is -2.24. The van der Waals surface area contributed by atoms with Crippen molar-refractivity contribution in [3.05, 3.63) is 106 Å². The number of rotatable bonds is 10. The van der Waals surface area contributed by atoms with Crippen LogP contribution in [0.2, 0.25) is 0 Å². The number of carbonyl (C=O) groups excluding carboxylic acids is 1. The minimum Gasteiger partial charge on any atom is -0.334 e. The molecule has 0 saturated carbocycles.